The highest BCUT2D eigenvalue weighted by atomic mass is 32.1. The standard InChI is InChI=1S/C32H50N2O7S/c1-19-11-10-12-20(2)28(37)22(4)29(38)32(8,9)25(35)16-27(36)40-24(14-13-19)21(3)15-23-18-42-26(34-23)17-33-30(39)41-31(5,6)7/h13,15,18,20,22,24-25,28,35,37H,10-12,14,16-17H2,1-9H3,(H,33,39)/b19-13-,21-15+/t20-,22+,24?,25-,28-/m0/s1. The lowest BCUT2D eigenvalue weighted by molar-refractivity contribution is -0.154. The van der Waals surface area contributed by atoms with Gasteiger partial charge in [-0.05, 0) is 71.4 Å². The second-order valence-corrected chi connectivity index (χ2v) is 14.1. The second-order valence-electron chi connectivity index (χ2n) is 13.1. The maximum atomic E-state index is 13.3. The van der Waals surface area contributed by atoms with E-state index in [4.69, 9.17) is 9.47 Å². The molecule has 1 unspecified atom stereocenters. The Labute approximate surface area is 254 Å². The Morgan fingerprint density at radius 1 is 1.26 bits per heavy atom. The average molecular weight is 607 g/mol. The number of aliphatic hydroxyl groups excluding tert-OH is 2. The van der Waals surface area contributed by atoms with Gasteiger partial charge in [-0.1, -0.05) is 39.3 Å². The molecule has 0 aromatic carbocycles. The fourth-order valence-corrected chi connectivity index (χ4v) is 5.58. The molecular weight excluding hydrogens is 556 g/mol. The van der Waals surface area contributed by atoms with Crippen LogP contribution in [0.2, 0.25) is 0 Å². The van der Waals surface area contributed by atoms with Crippen molar-refractivity contribution in [1.29, 1.82) is 0 Å². The van der Waals surface area contributed by atoms with E-state index in [9.17, 15) is 24.6 Å². The van der Waals surface area contributed by atoms with Gasteiger partial charge in [0.1, 0.15) is 22.5 Å². The van der Waals surface area contributed by atoms with Crippen molar-refractivity contribution in [3.63, 3.8) is 0 Å². The molecule has 9 nitrogen and oxygen atoms in total. The zero-order valence-electron chi connectivity index (χ0n) is 26.7. The van der Waals surface area contributed by atoms with Gasteiger partial charge in [-0.2, -0.15) is 0 Å². The molecule has 0 bridgehead atoms. The SMILES string of the molecule is C/C1=C/CC(/C(C)=C/c2csc(CNC(=O)OC(C)(C)C)n2)OC(=O)C[C@H](O)C(C)(C)C(=O)[C@H](C)[C@@H](O)[C@@H](C)CCC1. The first-order valence-corrected chi connectivity index (χ1v) is 15.6. The Kier molecular flexibility index (Phi) is 12.9. The number of alkyl carbamates (subject to hydrolysis) is 1. The Bertz CT molecular complexity index is 1150. The molecule has 1 aliphatic heterocycles. The van der Waals surface area contributed by atoms with Gasteiger partial charge in [0.25, 0.3) is 0 Å². The minimum absolute atomic E-state index is 0.0807. The van der Waals surface area contributed by atoms with Crippen molar-refractivity contribution in [3.05, 3.63) is 33.3 Å². The number of aromatic nitrogens is 1. The molecule has 0 spiro atoms. The number of rotatable bonds is 4. The van der Waals surface area contributed by atoms with Crippen LogP contribution >= 0.6 is 11.3 Å². The third-order valence-electron chi connectivity index (χ3n) is 7.76. The van der Waals surface area contributed by atoms with Crippen LogP contribution in [0.25, 0.3) is 6.08 Å². The number of hydrogen-bond donors (Lipinski definition) is 3. The molecule has 2 heterocycles. The smallest absolute Gasteiger partial charge is 0.408 e. The second kappa shape index (κ2) is 15.3. The highest BCUT2D eigenvalue weighted by Gasteiger charge is 2.42. The van der Waals surface area contributed by atoms with Crippen molar-refractivity contribution in [2.75, 3.05) is 0 Å². The third-order valence-corrected chi connectivity index (χ3v) is 8.62. The number of ketones is 1. The number of Topliss-reactive ketones (excluding diaryl/α,β-unsaturated/α-hetero) is 1. The largest absolute Gasteiger partial charge is 0.457 e. The van der Waals surface area contributed by atoms with Gasteiger partial charge in [-0.3, -0.25) is 9.59 Å². The number of hydrogen-bond acceptors (Lipinski definition) is 9. The van der Waals surface area contributed by atoms with Crippen LogP contribution in [0.5, 0.6) is 0 Å². The molecule has 0 fully saturated rings. The zero-order chi connectivity index (χ0) is 31.8. The van der Waals surface area contributed by atoms with Crippen molar-refractivity contribution >= 4 is 35.3 Å². The van der Waals surface area contributed by atoms with E-state index < -0.39 is 47.3 Å². The topological polar surface area (TPSA) is 135 Å². The molecule has 1 aliphatic rings. The van der Waals surface area contributed by atoms with Gasteiger partial charge in [0.05, 0.1) is 36.3 Å². The molecule has 3 N–H and O–H groups in total. The van der Waals surface area contributed by atoms with Crippen LogP contribution in [0.3, 0.4) is 0 Å². The summed E-state index contributed by atoms with van der Waals surface area (Å²) in [6.07, 6.45) is 3.26. The molecule has 2 rings (SSSR count). The van der Waals surface area contributed by atoms with Crippen LogP contribution in [0.15, 0.2) is 22.6 Å². The molecule has 5 atom stereocenters. The molecule has 1 aromatic heterocycles. The van der Waals surface area contributed by atoms with Crippen molar-refractivity contribution < 1.29 is 34.1 Å². The van der Waals surface area contributed by atoms with Crippen molar-refractivity contribution in [3.8, 4) is 0 Å². The number of nitrogens with zero attached hydrogens (tertiary/aromatic N) is 1. The fraction of sp³-hybridized carbons (Fsp3) is 0.688. The summed E-state index contributed by atoms with van der Waals surface area (Å²) in [5, 5.41) is 27.0. The number of amides is 1. The van der Waals surface area contributed by atoms with Crippen LogP contribution in [0, 0.1) is 17.3 Å². The number of carbonyl (C=O) groups is 3. The van der Waals surface area contributed by atoms with Crippen molar-refractivity contribution in [2.45, 2.75) is 125 Å². The number of carbonyl (C=O) groups excluding carboxylic acids is 3. The average Bonchev–Trinajstić information content (AvgIpc) is 3.33. The lowest BCUT2D eigenvalue weighted by Gasteiger charge is -2.34. The minimum Gasteiger partial charge on any atom is -0.457 e. The lowest BCUT2D eigenvalue weighted by Crippen LogP contribution is -2.45. The highest BCUT2D eigenvalue weighted by molar-refractivity contribution is 7.09. The van der Waals surface area contributed by atoms with Crippen LogP contribution in [0.1, 0.15) is 105 Å². The van der Waals surface area contributed by atoms with Crippen LogP contribution in [-0.4, -0.2) is 57.0 Å². The number of ether oxygens (including phenoxy) is 2. The van der Waals surface area contributed by atoms with E-state index >= 15 is 0 Å². The quantitative estimate of drug-likeness (QED) is 0.281. The fourth-order valence-electron chi connectivity index (χ4n) is 4.89. The van der Waals surface area contributed by atoms with Crippen LogP contribution in [-0.2, 0) is 25.6 Å². The monoisotopic (exact) mass is 606 g/mol. The molecule has 0 saturated heterocycles. The van der Waals surface area contributed by atoms with Gasteiger partial charge < -0.3 is 25.0 Å². The first kappa shape index (κ1) is 35.6. The Balaban J connectivity index is 2.24. The predicted molar refractivity (Wildman–Crippen MR) is 165 cm³/mol. The van der Waals surface area contributed by atoms with Crippen LogP contribution in [0.4, 0.5) is 4.79 Å². The maximum absolute atomic E-state index is 13.3. The van der Waals surface area contributed by atoms with Gasteiger partial charge in [-0.25, -0.2) is 9.78 Å². The van der Waals surface area contributed by atoms with E-state index in [1.54, 1.807) is 41.5 Å². The molecule has 0 aliphatic carbocycles. The first-order valence-electron chi connectivity index (χ1n) is 14.8. The van der Waals surface area contributed by atoms with E-state index in [2.05, 4.69) is 16.4 Å². The summed E-state index contributed by atoms with van der Waals surface area (Å²) in [4.78, 5) is 42.8. The van der Waals surface area contributed by atoms with Gasteiger partial charge in [0, 0.05) is 17.7 Å². The first-order chi connectivity index (χ1) is 19.4. The molecule has 0 saturated carbocycles. The van der Waals surface area contributed by atoms with E-state index in [-0.39, 0.29) is 24.7 Å². The third kappa shape index (κ3) is 10.9. The number of nitrogens with one attached hydrogen (secondary N) is 1. The molecular formula is C32H50N2O7S. The Morgan fingerprint density at radius 3 is 2.57 bits per heavy atom. The minimum atomic E-state index is -1.27. The highest BCUT2D eigenvalue weighted by Crippen LogP contribution is 2.32. The van der Waals surface area contributed by atoms with Gasteiger partial charge in [0.15, 0.2) is 0 Å². The van der Waals surface area contributed by atoms with E-state index in [0.29, 0.717) is 17.1 Å². The summed E-state index contributed by atoms with van der Waals surface area (Å²) in [6.45, 7) is 16.4. The normalized spacial score (nSPS) is 28.4. The van der Waals surface area contributed by atoms with Crippen molar-refractivity contribution in [2.24, 2.45) is 17.3 Å². The summed E-state index contributed by atoms with van der Waals surface area (Å²) in [5.74, 6) is -1.65. The summed E-state index contributed by atoms with van der Waals surface area (Å²) in [6, 6.07) is 0. The molecule has 42 heavy (non-hydrogen) atoms. The van der Waals surface area contributed by atoms with Crippen molar-refractivity contribution in [1.82, 2.24) is 10.3 Å². The predicted octanol–water partition coefficient (Wildman–Crippen LogP) is 5.98. The Hall–Kier alpha value is -2.56. The van der Waals surface area contributed by atoms with Gasteiger partial charge in [-0.15, -0.1) is 11.3 Å². The summed E-state index contributed by atoms with van der Waals surface area (Å²) < 4.78 is 11.1. The number of aliphatic hydroxyl groups is 2. The maximum Gasteiger partial charge on any atom is 0.408 e. The molecule has 0 radical (unpaired) electrons. The number of thiazole rings is 1. The zero-order valence-corrected chi connectivity index (χ0v) is 27.5. The summed E-state index contributed by atoms with van der Waals surface area (Å²) >= 11 is 1.40. The molecule has 10 heteroatoms. The summed E-state index contributed by atoms with van der Waals surface area (Å²) in [5.41, 5.74) is 0.772. The number of cyclic esters (lactones) is 1. The summed E-state index contributed by atoms with van der Waals surface area (Å²) in [7, 11) is 0. The molecule has 1 amide bonds. The Morgan fingerprint density at radius 2 is 1.93 bits per heavy atom. The van der Waals surface area contributed by atoms with E-state index in [0.717, 1.165) is 30.4 Å². The molecule has 236 valence electrons. The van der Waals surface area contributed by atoms with Gasteiger partial charge >= 0.3 is 12.1 Å². The molecule has 1 aromatic rings. The van der Waals surface area contributed by atoms with E-state index in [1.165, 1.54) is 11.3 Å². The number of esters is 1. The number of allylic oxidation sites excluding steroid dienone is 1. The van der Waals surface area contributed by atoms with E-state index in [1.807, 2.05) is 32.2 Å². The lowest BCUT2D eigenvalue weighted by atomic mass is 9.73. The van der Waals surface area contributed by atoms with Gasteiger partial charge in [0.2, 0.25) is 0 Å². The van der Waals surface area contributed by atoms with Crippen LogP contribution < -0.4 is 5.32 Å².